The fourth-order valence-corrected chi connectivity index (χ4v) is 2.18. The maximum atomic E-state index is 13.4. The highest BCUT2D eigenvalue weighted by atomic mass is 19.4. The van der Waals surface area contributed by atoms with Crippen LogP contribution in [0.15, 0.2) is 42.6 Å². The number of anilines is 1. The molecule has 0 aliphatic carbocycles. The van der Waals surface area contributed by atoms with Gasteiger partial charge in [-0.2, -0.15) is 13.2 Å². The van der Waals surface area contributed by atoms with Gasteiger partial charge >= 0.3 is 6.18 Å². The van der Waals surface area contributed by atoms with Crippen LogP contribution >= 0.6 is 0 Å². The molecule has 1 N–H and O–H groups in total. The van der Waals surface area contributed by atoms with Crippen molar-refractivity contribution < 1.29 is 27.1 Å². The molecular formula is C19H20F4N2O2. The average Bonchev–Trinajstić information content (AvgIpc) is 2.53. The van der Waals surface area contributed by atoms with Crippen molar-refractivity contribution in [2.45, 2.75) is 39.5 Å². The lowest BCUT2D eigenvalue weighted by atomic mass is 9.76. The van der Waals surface area contributed by atoms with E-state index in [1.807, 2.05) is 0 Å². The molecule has 0 radical (unpaired) electrons. The van der Waals surface area contributed by atoms with Gasteiger partial charge in [-0.1, -0.05) is 6.07 Å². The Hall–Kier alpha value is -2.64. The molecule has 0 saturated heterocycles. The number of halogens is 4. The minimum Gasteiger partial charge on any atom is -0.487 e. The van der Waals surface area contributed by atoms with E-state index >= 15 is 0 Å². The molecular weight excluding hydrogens is 364 g/mol. The number of amides is 1. The molecule has 27 heavy (non-hydrogen) atoms. The summed E-state index contributed by atoms with van der Waals surface area (Å²) in [6.07, 6.45) is -3.64. The van der Waals surface area contributed by atoms with Crippen LogP contribution in [-0.2, 0) is 11.0 Å². The van der Waals surface area contributed by atoms with Crippen LogP contribution in [0.5, 0.6) is 5.75 Å². The second-order valence-corrected chi connectivity index (χ2v) is 7.08. The largest absolute Gasteiger partial charge is 0.487 e. The Kier molecular flexibility index (Phi) is 5.49. The van der Waals surface area contributed by atoms with E-state index in [0.717, 1.165) is 12.3 Å². The number of hydrogen-bond acceptors (Lipinski definition) is 3. The van der Waals surface area contributed by atoms with Crippen LogP contribution in [0, 0.1) is 11.2 Å². The van der Waals surface area contributed by atoms with Gasteiger partial charge in [-0.3, -0.25) is 9.78 Å². The van der Waals surface area contributed by atoms with E-state index in [9.17, 15) is 22.4 Å². The van der Waals surface area contributed by atoms with Gasteiger partial charge in [0.05, 0.1) is 5.41 Å². The predicted octanol–water partition coefficient (Wildman–Crippen LogP) is 5.06. The van der Waals surface area contributed by atoms with Crippen LogP contribution in [-0.4, -0.2) is 16.5 Å². The molecule has 0 bridgehead atoms. The number of pyridine rings is 1. The number of nitrogens with zero attached hydrogens (tertiary/aromatic N) is 1. The summed E-state index contributed by atoms with van der Waals surface area (Å²) in [5, 5.41) is 2.46. The third-order valence-electron chi connectivity index (χ3n) is 4.55. The Balaban J connectivity index is 2.20. The molecule has 4 nitrogen and oxygen atoms in total. The highest BCUT2D eigenvalue weighted by Gasteiger charge is 2.45. The van der Waals surface area contributed by atoms with Crippen LogP contribution in [0.2, 0.25) is 0 Å². The summed E-state index contributed by atoms with van der Waals surface area (Å²) in [5.74, 6) is -0.797. The fraction of sp³-hybridized carbons (Fsp3) is 0.368. The molecule has 2 rings (SSSR count). The molecule has 146 valence electrons. The smallest absolute Gasteiger partial charge is 0.433 e. The highest BCUT2D eigenvalue weighted by molar-refractivity contribution is 5.95. The summed E-state index contributed by atoms with van der Waals surface area (Å²) in [4.78, 5) is 16.0. The average molecular weight is 384 g/mol. The summed E-state index contributed by atoms with van der Waals surface area (Å²) in [6, 6.07) is 7.51. The van der Waals surface area contributed by atoms with Crippen LogP contribution in [0.4, 0.5) is 23.2 Å². The van der Waals surface area contributed by atoms with Crippen LogP contribution < -0.4 is 10.1 Å². The van der Waals surface area contributed by atoms with Gasteiger partial charge in [0.25, 0.3) is 0 Å². The minimum absolute atomic E-state index is 0.0306. The molecule has 8 heteroatoms. The van der Waals surface area contributed by atoms with Crippen molar-refractivity contribution in [3.8, 4) is 5.75 Å². The van der Waals surface area contributed by atoms with E-state index in [4.69, 9.17) is 4.74 Å². The molecule has 1 amide bonds. The number of nitrogens with one attached hydrogen (secondary N) is 1. The summed E-state index contributed by atoms with van der Waals surface area (Å²) >= 11 is 0. The van der Waals surface area contributed by atoms with Gasteiger partial charge < -0.3 is 10.1 Å². The molecule has 0 unspecified atom stereocenters. The zero-order valence-corrected chi connectivity index (χ0v) is 15.3. The van der Waals surface area contributed by atoms with Gasteiger partial charge in [-0.15, -0.1) is 0 Å². The molecule has 0 fully saturated rings. The van der Waals surface area contributed by atoms with Crippen molar-refractivity contribution in [2.75, 3.05) is 5.32 Å². The van der Waals surface area contributed by atoms with E-state index < -0.39 is 34.6 Å². The minimum atomic E-state index is -4.62. The Morgan fingerprint density at radius 3 is 2.33 bits per heavy atom. The quantitative estimate of drug-likeness (QED) is 0.733. The monoisotopic (exact) mass is 384 g/mol. The highest BCUT2D eigenvalue weighted by Crippen LogP contribution is 2.36. The van der Waals surface area contributed by atoms with Crippen molar-refractivity contribution in [1.82, 2.24) is 4.98 Å². The number of carbonyl (C=O) groups excluding carboxylic acids is 1. The van der Waals surface area contributed by atoms with E-state index in [1.54, 1.807) is 33.8 Å². The Morgan fingerprint density at radius 2 is 1.74 bits per heavy atom. The number of aromatic nitrogens is 1. The van der Waals surface area contributed by atoms with Crippen molar-refractivity contribution in [2.24, 2.45) is 5.41 Å². The number of carbonyl (C=O) groups is 1. The molecule has 1 aromatic heterocycles. The van der Waals surface area contributed by atoms with Gasteiger partial charge in [-0.05, 0) is 52.0 Å². The van der Waals surface area contributed by atoms with E-state index in [2.05, 4.69) is 10.3 Å². The third kappa shape index (κ3) is 4.75. The van der Waals surface area contributed by atoms with Gasteiger partial charge in [0.2, 0.25) is 5.91 Å². The normalized spacial score (nSPS) is 12.6. The van der Waals surface area contributed by atoms with Crippen LogP contribution in [0.3, 0.4) is 0 Å². The van der Waals surface area contributed by atoms with E-state index in [0.29, 0.717) is 0 Å². The second kappa shape index (κ2) is 7.17. The second-order valence-electron chi connectivity index (χ2n) is 7.08. The lowest BCUT2D eigenvalue weighted by Gasteiger charge is -2.40. The first-order valence-corrected chi connectivity index (χ1v) is 8.12. The number of benzene rings is 1. The van der Waals surface area contributed by atoms with E-state index in [1.165, 1.54) is 24.3 Å². The lowest BCUT2D eigenvalue weighted by Crippen LogP contribution is -2.51. The molecule has 0 spiro atoms. The number of alkyl halides is 3. The number of rotatable bonds is 5. The van der Waals surface area contributed by atoms with Crippen molar-refractivity contribution in [3.63, 3.8) is 0 Å². The Morgan fingerprint density at radius 1 is 1.07 bits per heavy atom. The molecule has 0 saturated carbocycles. The van der Waals surface area contributed by atoms with Gasteiger partial charge in [0.15, 0.2) is 0 Å². The number of hydrogen-bond donors (Lipinski definition) is 1. The molecule has 1 aromatic carbocycles. The molecule has 0 aliphatic heterocycles. The molecule has 2 aromatic rings. The lowest BCUT2D eigenvalue weighted by molar-refractivity contribution is -0.141. The summed E-state index contributed by atoms with van der Waals surface area (Å²) in [6.45, 7) is 6.47. The van der Waals surface area contributed by atoms with Crippen molar-refractivity contribution in [3.05, 3.63) is 54.1 Å². The zero-order valence-electron chi connectivity index (χ0n) is 15.3. The maximum Gasteiger partial charge on any atom is 0.433 e. The molecule has 0 aliphatic rings. The molecule has 0 atom stereocenters. The molecule has 1 heterocycles. The maximum absolute atomic E-state index is 13.4. The first-order chi connectivity index (χ1) is 12.3. The van der Waals surface area contributed by atoms with Crippen molar-refractivity contribution >= 4 is 11.6 Å². The Bertz CT molecular complexity index is 832. The standard InChI is InChI=1S/C19H20F4N2O2/c1-17(2,18(3,4)27-14-7-5-6-12(20)10-14)16(26)25-13-8-9-24-15(11-13)19(21,22)23/h5-11H,1-4H3,(H,24,25,26). The Labute approximate surface area is 154 Å². The number of ether oxygens (including phenoxy) is 1. The zero-order chi connectivity index (χ0) is 20.5. The predicted molar refractivity (Wildman–Crippen MR) is 92.8 cm³/mol. The van der Waals surface area contributed by atoms with Gasteiger partial charge in [-0.25, -0.2) is 4.39 Å². The topological polar surface area (TPSA) is 51.2 Å². The third-order valence-corrected chi connectivity index (χ3v) is 4.55. The van der Waals surface area contributed by atoms with Gasteiger partial charge in [0, 0.05) is 18.0 Å². The fourth-order valence-electron chi connectivity index (χ4n) is 2.18. The first kappa shape index (κ1) is 20.7. The van der Waals surface area contributed by atoms with Gasteiger partial charge in [0.1, 0.15) is 22.9 Å². The summed E-state index contributed by atoms with van der Waals surface area (Å²) < 4.78 is 57.5. The first-order valence-electron chi connectivity index (χ1n) is 8.12. The van der Waals surface area contributed by atoms with Crippen molar-refractivity contribution in [1.29, 1.82) is 0 Å². The van der Waals surface area contributed by atoms with E-state index in [-0.39, 0.29) is 11.4 Å². The van der Waals surface area contributed by atoms with Crippen LogP contribution in [0.1, 0.15) is 33.4 Å². The summed E-state index contributed by atoms with van der Waals surface area (Å²) in [5.41, 5.74) is -3.39. The van der Waals surface area contributed by atoms with Crippen LogP contribution in [0.25, 0.3) is 0 Å². The SMILES string of the molecule is CC(C)(Oc1cccc(F)c1)C(C)(C)C(=O)Nc1ccnc(C(F)(F)F)c1. The summed E-state index contributed by atoms with van der Waals surface area (Å²) in [7, 11) is 0.